The Morgan fingerprint density at radius 1 is 1.32 bits per heavy atom. The fraction of sp³-hybridized carbons (Fsp3) is 0.0714. The average molecular weight is 280 g/mol. The fourth-order valence-electron chi connectivity index (χ4n) is 1.66. The maximum atomic E-state index is 13.3. The number of rotatable bonds is 2. The highest BCUT2D eigenvalue weighted by Crippen LogP contribution is 2.23. The van der Waals surface area contributed by atoms with Crippen molar-refractivity contribution in [3.8, 4) is 5.75 Å². The van der Waals surface area contributed by atoms with E-state index < -0.39 is 11.7 Å². The van der Waals surface area contributed by atoms with Crippen LogP contribution < -0.4 is 5.32 Å². The van der Waals surface area contributed by atoms with Crippen molar-refractivity contribution >= 4 is 23.2 Å². The molecule has 5 heteroatoms. The van der Waals surface area contributed by atoms with Crippen LogP contribution in [0.15, 0.2) is 36.4 Å². The lowest BCUT2D eigenvalue weighted by Crippen LogP contribution is -2.13. The molecule has 0 heterocycles. The average Bonchev–Trinajstić information content (AvgIpc) is 2.36. The molecule has 1 amide bonds. The molecular formula is C14H11ClFNO2. The quantitative estimate of drug-likeness (QED) is 0.823. The summed E-state index contributed by atoms with van der Waals surface area (Å²) in [4.78, 5) is 12.0. The molecule has 0 aliphatic heterocycles. The van der Waals surface area contributed by atoms with Gasteiger partial charge in [0, 0.05) is 5.69 Å². The van der Waals surface area contributed by atoms with Crippen LogP contribution in [0.4, 0.5) is 10.1 Å². The van der Waals surface area contributed by atoms with Crippen molar-refractivity contribution < 1.29 is 14.3 Å². The van der Waals surface area contributed by atoms with E-state index in [4.69, 9.17) is 11.6 Å². The Hall–Kier alpha value is -2.07. The molecule has 2 rings (SSSR count). The first-order chi connectivity index (χ1) is 8.99. The molecule has 0 aliphatic rings. The summed E-state index contributed by atoms with van der Waals surface area (Å²) in [6, 6.07) is 8.58. The van der Waals surface area contributed by atoms with Crippen molar-refractivity contribution in [2.45, 2.75) is 6.92 Å². The summed E-state index contributed by atoms with van der Waals surface area (Å²) in [7, 11) is 0. The molecule has 2 aromatic rings. The molecular weight excluding hydrogens is 269 g/mol. The number of amides is 1. The van der Waals surface area contributed by atoms with E-state index in [1.165, 1.54) is 30.3 Å². The van der Waals surface area contributed by atoms with Gasteiger partial charge >= 0.3 is 0 Å². The van der Waals surface area contributed by atoms with Crippen molar-refractivity contribution in [2.75, 3.05) is 5.32 Å². The van der Waals surface area contributed by atoms with Gasteiger partial charge in [-0.3, -0.25) is 4.79 Å². The highest BCUT2D eigenvalue weighted by molar-refractivity contribution is 6.34. The number of halogens is 2. The number of aromatic hydroxyl groups is 1. The first-order valence-electron chi connectivity index (χ1n) is 5.54. The zero-order chi connectivity index (χ0) is 14.0. The van der Waals surface area contributed by atoms with Gasteiger partial charge in [-0.15, -0.1) is 0 Å². The second-order valence-corrected chi connectivity index (χ2v) is 4.43. The Morgan fingerprint density at radius 2 is 2.05 bits per heavy atom. The third-order valence-electron chi connectivity index (χ3n) is 2.65. The van der Waals surface area contributed by atoms with Crippen molar-refractivity contribution in [3.05, 3.63) is 58.4 Å². The predicted octanol–water partition coefficient (Wildman–Crippen LogP) is 3.75. The van der Waals surface area contributed by atoms with Gasteiger partial charge in [-0.1, -0.05) is 17.7 Å². The predicted molar refractivity (Wildman–Crippen MR) is 72.2 cm³/mol. The minimum Gasteiger partial charge on any atom is -0.508 e. The minimum atomic E-state index is -0.642. The van der Waals surface area contributed by atoms with Gasteiger partial charge in [-0.25, -0.2) is 4.39 Å². The first kappa shape index (κ1) is 13.4. The van der Waals surface area contributed by atoms with E-state index in [0.717, 1.165) is 0 Å². The van der Waals surface area contributed by atoms with Crippen LogP contribution in [-0.4, -0.2) is 11.0 Å². The number of hydrogen-bond acceptors (Lipinski definition) is 2. The van der Waals surface area contributed by atoms with Gasteiger partial charge in [-0.05, 0) is 42.8 Å². The van der Waals surface area contributed by atoms with Crippen LogP contribution in [-0.2, 0) is 0 Å². The van der Waals surface area contributed by atoms with Gasteiger partial charge in [0.25, 0.3) is 5.91 Å². The Kier molecular flexibility index (Phi) is 3.71. The summed E-state index contributed by atoms with van der Waals surface area (Å²) < 4.78 is 13.3. The van der Waals surface area contributed by atoms with E-state index in [0.29, 0.717) is 11.3 Å². The normalized spacial score (nSPS) is 10.3. The molecule has 0 spiro atoms. The molecule has 0 aromatic heterocycles. The van der Waals surface area contributed by atoms with Gasteiger partial charge in [-0.2, -0.15) is 0 Å². The van der Waals surface area contributed by atoms with Gasteiger partial charge in [0.2, 0.25) is 0 Å². The largest absolute Gasteiger partial charge is 0.508 e. The summed E-state index contributed by atoms with van der Waals surface area (Å²) in [5.41, 5.74) is 1.29. The molecule has 0 saturated heterocycles. The summed E-state index contributed by atoms with van der Waals surface area (Å²) in [5, 5.41) is 11.7. The molecule has 3 nitrogen and oxygen atoms in total. The number of phenols is 1. The summed E-state index contributed by atoms with van der Waals surface area (Å²) in [6.45, 7) is 1.74. The van der Waals surface area contributed by atoms with Crippen LogP contribution >= 0.6 is 11.6 Å². The number of nitrogens with one attached hydrogen (secondary N) is 1. The zero-order valence-corrected chi connectivity index (χ0v) is 10.8. The number of hydrogen-bond donors (Lipinski definition) is 2. The molecule has 0 saturated carbocycles. The first-order valence-corrected chi connectivity index (χ1v) is 5.92. The summed E-state index contributed by atoms with van der Waals surface area (Å²) >= 11 is 5.74. The molecule has 0 atom stereocenters. The molecule has 0 aliphatic carbocycles. The highest BCUT2D eigenvalue weighted by Gasteiger charge is 2.14. The number of anilines is 1. The van der Waals surface area contributed by atoms with Gasteiger partial charge in [0.1, 0.15) is 11.6 Å². The van der Waals surface area contributed by atoms with Gasteiger partial charge in [0.05, 0.1) is 10.6 Å². The molecule has 98 valence electrons. The molecule has 19 heavy (non-hydrogen) atoms. The SMILES string of the molecule is Cc1cc(O)ccc1NC(=O)c1cccc(F)c1Cl. The second-order valence-electron chi connectivity index (χ2n) is 4.05. The third kappa shape index (κ3) is 2.85. The second kappa shape index (κ2) is 5.28. The Balaban J connectivity index is 2.28. The lowest BCUT2D eigenvalue weighted by Gasteiger charge is -2.10. The van der Waals surface area contributed by atoms with E-state index in [-0.39, 0.29) is 16.3 Å². The van der Waals surface area contributed by atoms with E-state index in [9.17, 15) is 14.3 Å². The van der Waals surface area contributed by atoms with Crippen molar-refractivity contribution in [3.63, 3.8) is 0 Å². The Bertz CT molecular complexity index is 643. The van der Waals surface area contributed by atoms with Crippen LogP contribution in [0.1, 0.15) is 15.9 Å². The van der Waals surface area contributed by atoms with E-state index in [2.05, 4.69) is 5.32 Å². The smallest absolute Gasteiger partial charge is 0.257 e. The molecule has 0 fully saturated rings. The lowest BCUT2D eigenvalue weighted by molar-refractivity contribution is 0.102. The Morgan fingerprint density at radius 3 is 2.74 bits per heavy atom. The van der Waals surface area contributed by atoms with E-state index >= 15 is 0 Å². The van der Waals surface area contributed by atoms with Crippen molar-refractivity contribution in [1.82, 2.24) is 0 Å². The molecule has 0 bridgehead atoms. The number of aryl methyl sites for hydroxylation is 1. The fourth-order valence-corrected chi connectivity index (χ4v) is 1.87. The molecule has 0 unspecified atom stereocenters. The van der Waals surface area contributed by atoms with Crippen LogP contribution in [0.5, 0.6) is 5.75 Å². The van der Waals surface area contributed by atoms with Crippen LogP contribution in [0.3, 0.4) is 0 Å². The number of phenolic OH excluding ortho intramolecular Hbond substituents is 1. The van der Waals surface area contributed by atoms with Crippen LogP contribution in [0, 0.1) is 12.7 Å². The maximum absolute atomic E-state index is 13.3. The van der Waals surface area contributed by atoms with Crippen molar-refractivity contribution in [1.29, 1.82) is 0 Å². The van der Waals surface area contributed by atoms with E-state index in [1.807, 2.05) is 0 Å². The van der Waals surface area contributed by atoms with Gasteiger partial charge in [0.15, 0.2) is 0 Å². The molecule has 2 aromatic carbocycles. The molecule has 2 N–H and O–H groups in total. The van der Waals surface area contributed by atoms with Crippen LogP contribution in [0.2, 0.25) is 5.02 Å². The maximum Gasteiger partial charge on any atom is 0.257 e. The lowest BCUT2D eigenvalue weighted by atomic mass is 10.1. The highest BCUT2D eigenvalue weighted by atomic mass is 35.5. The monoisotopic (exact) mass is 279 g/mol. The number of carbonyl (C=O) groups excluding carboxylic acids is 1. The zero-order valence-electron chi connectivity index (χ0n) is 10.1. The summed E-state index contributed by atoms with van der Waals surface area (Å²) in [6.07, 6.45) is 0. The number of benzene rings is 2. The number of carbonyl (C=O) groups is 1. The standard InChI is InChI=1S/C14H11ClFNO2/c1-8-7-9(18)5-6-12(8)17-14(19)10-3-2-4-11(16)13(10)15/h2-7,18H,1H3,(H,17,19). The van der Waals surface area contributed by atoms with Crippen LogP contribution in [0.25, 0.3) is 0 Å². The van der Waals surface area contributed by atoms with Gasteiger partial charge < -0.3 is 10.4 Å². The summed E-state index contributed by atoms with van der Waals surface area (Å²) in [5.74, 6) is -1.03. The van der Waals surface area contributed by atoms with E-state index in [1.54, 1.807) is 13.0 Å². The third-order valence-corrected chi connectivity index (χ3v) is 3.04. The molecule has 0 radical (unpaired) electrons. The Labute approximate surface area is 114 Å². The minimum absolute atomic E-state index is 0.0640. The van der Waals surface area contributed by atoms with Crippen molar-refractivity contribution in [2.24, 2.45) is 0 Å². The topological polar surface area (TPSA) is 49.3 Å².